The van der Waals surface area contributed by atoms with Gasteiger partial charge in [0, 0.05) is 6.08 Å². The number of benzene rings is 1. The minimum Gasteiger partial charge on any atom is -0.458 e. The minimum absolute atomic E-state index is 0.164. The van der Waals surface area contributed by atoms with Gasteiger partial charge in [-0.15, -0.1) is 0 Å². The number of ether oxygens (including phenoxy) is 1. The molecule has 20 heavy (non-hydrogen) atoms. The summed E-state index contributed by atoms with van der Waals surface area (Å²) in [5, 5.41) is 0. The summed E-state index contributed by atoms with van der Waals surface area (Å²) >= 11 is 0. The molecule has 108 valence electrons. The number of carbonyl (C=O) groups excluding carboxylic acids is 1. The van der Waals surface area contributed by atoms with E-state index in [-0.39, 0.29) is 18.4 Å². The molecule has 0 fully saturated rings. The van der Waals surface area contributed by atoms with Crippen LogP contribution in [0.15, 0.2) is 47.6 Å². The highest BCUT2D eigenvalue weighted by Crippen LogP contribution is 2.08. The predicted octanol–water partition coefficient (Wildman–Crippen LogP) is 4.56. The van der Waals surface area contributed by atoms with E-state index in [4.69, 9.17) is 4.74 Å². The Morgan fingerprint density at radius 1 is 1.20 bits per heavy atom. The van der Waals surface area contributed by atoms with Gasteiger partial charge in [-0.1, -0.05) is 29.4 Å². The molecular weight excluding hydrogens is 255 g/mol. The zero-order valence-electron chi connectivity index (χ0n) is 12.3. The highest BCUT2D eigenvalue weighted by atomic mass is 19.1. The van der Waals surface area contributed by atoms with Crippen molar-refractivity contribution in [2.45, 2.75) is 40.2 Å². The van der Waals surface area contributed by atoms with Crippen LogP contribution in [-0.2, 0) is 16.1 Å². The highest BCUT2D eigenvalue weighted by Gasteiger charge is 2.01. The van der Waals surface area contributed by atoms with Crippen LogP contribution in [0.25, 0.3) is 0 Å². The molecule has 0 N–H and O–H groups in total. The molecule has 0 aliphatic rings. The summed E-state index contributed by atoms with van der Waals surface area (Å²) in [5.41, 5.74) is 3.04. The maximum absolute atomic E-state index is 12.7. The fourth-order valence-electron chi connectivity index (χ4n) is 1.64. The van der Waals surface area contributed by atoms with E-state index >= 15 is 0 Å². The largest absolute Gasteiger partial charge is 0.458 e. The number of allylic oxidation sites excluding steroid dienone is 3. The van der Waals surface area contributed by atoms with Crippen LogP contribution in [0.5, 0.6) is 0 Å². The fourth-order valence-corrected chi connectivity index (χ4v) is 1.64. The fraction of sp³-hybridized carbons (Fsp3) is 0.353. The molecule has 3 heteroatoms. The molecular formula is C17H21FO2. The van der Waals surface area contributed by atoms with Crippen molar-refractivity contribution < 1.29 is 13.9 Å². The van der Waals surface area contributed by atoms with E-state index in [1.54, 1.807) is 12.1 Å². The Balaban J connectivity index is 2.38. The molecule has 0 radical (unpaired) electrons. The van der Waals surface area contributed by atoms with Crippen LogP contribution < -0.4 is 0 Å². The van der Waals surface area contributed by atoms with E-state index < -0.39 is 0 Å². The average molecular weight is 276 g/mol. The van der Waals surface area contributed by atoms with Gasteiger partial charge in [-0.25, -0.2) is 9.18 Å². The van der Waals surface area contributed by atoms with Crippen molar-refractivity contribution in [2.75, 3.05) is 0 Å². The van der Waals surface area contributed by atoms with E-state index in [0.717, 1.165) is 24.0 Å². The van der Waals surface area contributed by atoms with Gasteiger partial charge >= 0.3 is 5.97 Å². The molecule has 1 aromatic carbocycles. The SMILES string of the molecule is CC(C)=CCC/C(C)=C/C(=O)OCc1ccc(F)cc1. The smallest absolute Gasteiger partial charge is 0.331 e. The zero-order valence-corrected chi connectivity index (χ0v) is 12.3. The number of halogens is 1. The lowest BCUT2D eigenvalue weighted by atomic mass is 10.1. The maximum Gasteiger partial charge on any atom is 0.331 e. The van der Waals surface area contributed by atoms with Crippen LogP contribution in [0.4, 0.5) is 4.39 Å². The first-order valence-corrected chi connectivity index (χ1v) is 6.69. The van der Waals surface area contributed by atoms with E-state index in [9.17, 15) is 9.18 Å². The summed E-state index contributed by atoms with van der Waals surface area (Å²) in [4.78, 5) is 11.6. The van der Waals surface area contributed by atoms with Gasteiger partial charge in [0.05, 0.1) is 0 Å². The van der Waals surface area contributed by atoms with Gasteiger partial charge in [-0.3, -0.25) is 0 Å². The van der Waals surface area contributed by atoms with Gasteiger partial charge in [0.15, 0.2) is 0 Å². The normalized spacial score (nSPS) is 11.1. The lowest BCUT2D eigenvalue weighted by molar-refractivity contribution is -0.139. The van der Waals surface area contributed by atoms with Crippen molar-refractivity contribution in [3.8, 4) is 0 Å². The van der Waals surface area contributed by atoms with Crippen LogP contribution in [0.1, 0.15) is 39.2 Å². The topological polar surface area (TPSA) is 26.3 Å². The van der Waals surface area contributed by atoms with Crippen molar-refractivity contribution in [3.63, 3.8) is 0 Å². The first-order chi connectivity index (χ1) is 9.47. The van der Waals surface area contributed by atoms with Gasteiger partial charge < -0.3 is 4.74 Å². The summed E-state index contributed by atoms with van der Waals surface area (Å²) in [5.74, 6) is -0.654. The van der Waals surface area contributed by atoms with Crippen LogP contribution in [0.3, 0.4) is 0 Å². The van der Waals surface area contributed by atoms with Gasteiger partial charge in [-0.2, -0.15) is 0 Å². The number of rotatable bonds is 6. The van der Waals surface area contributed by atoms with Gasteiger partial charge in [-0.05, 0) is 51.3 Å². The minimum atomic E-state index is -0.357. The lowest BCUT2D eigenvalue weighted by Crippen LogP contribution is -2.02. The van der Waals surface area contributed by atoms with Crippen LogP contribution in [0.2, 0.25) is 0 Å². The summed E-state index contributed by atoms with van der Waals surface area (Å²) < 4.78 is 17.8. The molecule has 0 bridgehead atoms. The molecule has 0 saturated carbocycles. The van der Waals surface area contributed by atoms with Gasteiger partial charge in [0.2, 0.25) is 0 Å². The third-order valence-electron chi connectivity index (χ3n) is 2.75. The van der Waals surface area contributed by atoms with E-state index in [2.05, 4.69) is 19.9 Å². The molecule has 0 aliphatic carbocycles. The van der Waals surface area contributed by atoms with Crippen LogP contribution in [0, 0.1) is 5.82 Å². The zero-order chi connectivity index (χ0) is 15.0. The standard InChI is InChI=1S/C17H21FO2/c1-13(2)5-4-6-14(3)11-17(19)20-12-15-7-9-16(18)10-8-15/h5,7-11H,4,6,12H2,1-3H3/b14-11+. The molecule has 0 atom stereocenters. The molecule has 0 heterocycles. The summed E-state index contributed by atoms with van der Waals surface area (Å²) in [6, 6.07) is 5.91. The molecule has 0 aromatic heterocycles. The second-order valence-corrected chi connectivity index (χ2v) is 5.05. The molecule has 0 spiro atoms. The Morgan fingerprint density at radius 3 is 2.45 bits per heavy atom. The second kappa shape index (κ2) is 8.31. The Bertz CT molecular complexity index is 494. The van der Waals surface area contributed by atoms with Crippen molar-refractivity contribution in [1.82, 2.24) is 0 Å². The Kier molecular flexibility index (Phi) is 6.71. The van der Waals surface area contributed by atoms with Gasteiger partial charge in [0.1, 0.15) is 12.4 Å². The molecule has 1 aromatic rings. The highest BCUT2D eigenvalue weighted by molar-refractivity contribution is 5.82. The quantitative estimate of drug-likeness (QED) is 0.432. The number of hydrogen-bond donors (Lipinski definition) is 0. The van der Waals surface area contributed by atoms with E-state index in [1.165, 1.54) is 23.8 Å². The summed E-state index contributed by atoms with van der Waals surface area (Å²) in [6.45, 7) is 6.18. The Morgan fingerprint density at radius 2 is 1.85 bits per heavy atom. The number of esters is 1. The molecule has 0 unspecified atom stereocenters. The third kappa shape index (κ3) is 6.88. The predicted molar refractivity (Wildman–Crippen MR) is 78.6 cm³/mol. The van der Waals surface area contributed by atoms with Crippen LogP contribution in [-0.4, -0.2) is 5.97 Å². The van der Waals surface area contributed by atoms with Crippen LogP contribution >= 0.6 is 0 Å². The monoisotopic (exact) mass is 276 g/mol. The number of carbonyl (C=O) groups is 1. The van der Waals surface area contributed by atoms with Crippen molar-refractivity contribution >= 4 is 5.97 Å². The van der Waals surface area contributed by atoms with E-state index in [1.807, 2.05) is 6.92 Å². The van der Waals surface area contributed by atoms with Gasteiger partial charge in [0.25, 0.3) is 0 Å². The molecule has 0 amide bonds. The number of hydrogen-bond acceptors (Lipinski definition) is 2. The molecule has 1 rings (SSSR count). The Hall–Kier alpha value is -1.90. The summed E-state index contributed by atoms with van der Waals surface area (Å²) in [6.07, 6.45) is 5.43. The molecule has 2 nitrogen and oxygen atoms in total. The van der Waals surface area contributed by atoms with Crippen molar-refractivity contribution in [1.29, 1.82) is 0 Å². The molecule has 0 aliphatic heterocycles. The summed E-state index contributed by atoms with van der Waals surface area (Å²) in [7, 11) is 0. The average Bonchev–Trinajstić information content (AvgIpc) is 2.37. The van der Waals surface area contributed by atoms with Crippen molar-refractivity contribution in [3.05, 3.63) is 58.9 Å². The third-order valence-corrected chi connectivity index (χ3v) is 2.75. The Labute approximate surface area is 120 Å². The second-order valence-electron chi connectivity index (χ2n) is 5.05. The lowest BCUT2D eigenvalue weighted by Gasteiger charge is -2.03. The first kappa shape index (κ1) is 16.2. The van der Waals surface area contributed by atoms with Crippen molar-refractivity contribution in [2.24, 2.45) is 0 Å². The van der Waals surface area contributed by atoms with E-state index in [0.29, 0.717) is 0 Å². The first-order valence-electron chi connectivity index (χ1n) is 6.69. The molecule has 0 saturated heterocycles. The maximum atomic E-state index is 12.7.